The topological polar surface area (TPSA) is 89.8 Å². The van der Waals surface area contributed by atoms with E-state index < -0.39 is 5.91 Å². The molecule has 2 aromatic rings. The molecule has 0 bridgehead atoms. The number of aryl methyl sites for hydroxylation is 1. The van der Waals surface area contributed by atoms with Crippen LogP contribution in [0.3, 0.4) is 0 Å². The van der Waals surface area contributed by atoms with Gasteiger partial charge in [-0.15, -0.1) is 11.3 Å². The first-order valence-electron chi connectivity index (χ1n) is 7.35. The van der Waals surface area contributed by atoms with Crippen molar-refractivity contribution in [2.75, 3.05) is 5.32 Å². The minimum Gasteiger partial charge on any atom is -0.451 e. The first-order chi connectivity index (χ1) is 11.6. The highest BCUT2D eigenvalue weighted by atomic mass is 127. The number of furan rings is 1. The molecule has 7 heteroatoms. The van der Waals surface area contributed by atoms with Crippen molar-refractivity contribution in [3.8, 4) is 12.1 Å². The molecule has 0 spiro atoms. The maximum atomic E-state index is 12.4. The van der Waals surface area contributed by atoms with Crippen LogP contribution in [0.4, 0.5) is 5.00 Å². The number of hydrogen-bond donors (Lipinski definition) is 1. The van der Waals surface area contributed by atoms with E-state index in [2.05, 4.69) is 11.4 Å². The largest absolute Gasteiger partial charge is 0.451 e. The van der Waals surface area contributed by atoms with Crippen LogP contribution >= 0.6 is 33.9 Å². The van der Waals surface area contributed by atoms with Crippen LogP contribution in [0.25, 0.3) is 6.08 Å². The summed E-state index contributed by atoms with van der Waals surface area (Å²) in [6.07, 6.45) is 5.38. The molecule has 0 unspecified atom stereocenters. The van der Waals surface area contributed by atoms with Gasteiger partial charge in [0, 0.05) is 11.0 Å². The predicted molar refractivity (Wildman–Crippen MR) is 99.3 cm³/mol. The number of thiophene rings is 1. The summed E-state index contributed by atoms with van der Waals surface area (Å²) in [7, 11) is 0. The molecule has 3 rings (SSSR count). The van der Waals surface area contributed by atoms with Gasteiger partial charge in [-0.05, 0) is 66.0 Å². The summed E-state index contributed by atoms with van der Waals surface area (Å²) in [5, 5.41) is 21.9. The number of rotatable bonds is 3. The van der Waals surface area contributed by atoms with Crippen molar-refractivity contribution in [1.82, 2.24) is 0 Å². The van der Waals surface area contributed by atoms with Crippen LogP contribution in [0.2, 0.25) is 0 Å². The number of nitriles is 2. The van der Waals surface area contributed by atoms with Gasteiger partial charge < -0.3 is 9.73 Å². The minimum absolute atomic E-state index is 0.0592. The van der Waals surface area contributed by atoms with Crippen LogP contribution in [0.15, 0.2) is 22.1 Å². The smallest absolute Gasteiger partial charge is 0.267 e. The van der Waals surface area contributed by atoms with Crippen LogP contribution in [0, 0.1) is 26.4 Å². The summed E-state index contributed by atoms with van der Waals surface area (Å²) >= 11 is 3.45. The van der Waals surface area contributed by atoms with Crippen molar-refractivity contribution in [3.05, 3.63) is 43.2 Å². The molecule has 5 nitrogen and oxygen atoms in total. The third-order valence-electron chi connectivity index (χ3n) is 3.76. The lowest BCUT2D eigenvalue weighted by Crippen LogP contribution is -2.13. The van der Waals surface area contributed by atoms with Crippen molar-refractivity contribution in [2.24, 2.45) is 0 Å². The molecular weight excluding hydrogens is 437 g/mol. The molecule has 0 saturated carbocycles. The van der Waals surface area contributed by atoms with Crippen molar-refractivity contribution >= 4 is 50.9 Å². The predicted octanol–water partition coefficient (Wildman–Crippen LogP) is 4.24. The molecule has 0 radical (unpaired) electrons. The van der Waals surface area contributed by atoms with Gasteiger partial charge in [0.1, 0.15) is 28.5 Å². The average Bonchev–Trinajstić information content (AvgIpc) is 3.14. The fraction of sp³-hybridized carbons (Fsp3) is 0.235. The first kappa shape index (κ1) is 16.7. The number of amides is 1. The summed E-state index contributed by atoms with van der Waals surface area (Å²) in [5.74, 6) is -0.0870. The summed E-state index contributed by atoms with van der Waals surface area (Å²) in [6, 6.07) is 7.52. The molecule has 1 aliphatic rings. The van der Waals surface area contributed by atoms with E-state index in [4.69, 9.17) is 4.42 Å². The maximum absolute atomic E-state index is 12.4. The molecule has 0 fully saturated rings. The third kappa shape index (κ3) is 3.37. The highest BCUT2D eigenvalue weighted by Crippen LogP contribution is 2.37. The van der Waals surface area contributed by atoms with Crippen molar-refractivity contribution in [2.45, 2.75) is 25.7 Å². The van der Waals surface area contributed by atoms with E-state index in [0.29, 0.717) is 20.1 Å². The van der Waals surface area contributed by atoms with Gasteiger partial charge >= 0.3 is 0 Å². The molecule has 120 valence electrons. The maximum Gasteiger partial charge on any atom is 0.267 e. The summed E-state index contributed by atoms with van der Waals surface area (Å²) in [4.78, 5) is 13.6. The molecule has 2 heterocycles. The second-order valence-electron chi connectivity index (χ2n) is 5.29. The quantitative estimate of drug-likeness (QED) is 0.431. The average molecular weight is 449 g/mol. The zero-order valence-electron chi connectivity index (χ0n) is 12.6. The van der Waals surface area contributed by atoms with Crippen LogP contribution in [0.5, 0.6) is 0 Å². The van der Waals surface area contributed by atoms with Gasteiger partial charge in [0.05, 0.1) is 5.56 Å². The van der Waals surface area contributed by atoms with E-state index in [1.54, 1.807) is 12.1 Å². The Hall–Kier alpha value is -2.10. The lowest BCUT2D eigenvalue weighted by molar-refractivity contribution is -0.112. The zero-order chi connectivity index (χ0) is 17.1. The molecule has 0 atom stereocenters. The van der Waals surface area contributed by atoms with Crippen LogP contribution in [-0.2, 0) is 17.6 Å². The number of carbonyl (C=O) groups excluding carboxylic acids is 1. The Morgan fingerprint density at radius 2 is 2.12 bits per heavy atom. The van der Waals surface area contributed by atoms with Crippen molar-refractivity contribution < 1.29 is 9.21 Å². The minimum atomic E-state index is -0.529. The fourth-order valence-corrected chi connectivity index (χ4v) is 4.31. The lowest BCUT2D eigenvalue weighted by atomic mass is 9.96. The summed E-state index contributed by atoms with van der Waals surface area (Å²) in [6.45, 7) is 0. The Morgan fingerprint density at radius 1 is 1.33 bits per heavy atom. The Labute approximate surface area is 156 Å². The SMILES string of the molecule is N#CC(=Cc1ccc(I)o1)C(=O)Nc1sc2c(c1C#N)CCCC2. The normalized spacial score (nSPS) is 13.7. The van der Waals surface area contributed by atoms with Gasteiger partial charge in [0.25, 0.3) is 5.91 Å². The standard InChI is InChI=1S/C17H12IN3O2S/c18-15-6-5-11(23-15)7-10(8-19)16(22)21-17-13(9-20)12-3-1-2-4-14(12)24-17/h5-7H,1-4H2,(H,21,22). The van der Waals surface area contributed by atoms with Gasteiger partial charge in [0.2, 0.25) is 0 Å². The van der Waals surface area contributed by atoms with E-state index >= 15 is 0 Å². The van der Waals surface area contributed by atoms with E-state index in [1.165, 1.54) is 17.4 Å². The second kappa shape index (κ2) is 7.20. The summed E-state index contributed by atoms with van der Waals surface area (Å²) in [5.41, 5.74) is 1.52. The molecule has 1 amide bonds. The number of nitrogens with zero attached hydrogens (tertiary/aromatic N) is 2. The van der Waals surface area contributed by atoms with Gasteiger partial charge in [-0.2, -0.15) is 10.5 Å². The molecule has 24 heavy (non-hydrogen) atoms. The van der Waals surface area contributed by atoms with Gasteiger partial charge in [-0.25, -0.2) is 0 Å². The molecule has 0 saturated heterocycles. The van der Waals surface area contributed by atoms with Gasteiger partial charge in [0.15, 0.2) is 3.77 Å². The van der Waals surface area contributed by atoms with E-state index in [-0.39, 0.29) is 5.57 Å². The Morgan fingerprint density at radius 3 is 2.79 bits per heavy atom. The summed E-state index contributed by atoms with van der Waals surface area (Å²) < 4.78 is 6.03. The van der Waals surface area contributed by atoms with Crippen LogP contribution in [-0.4, -0.2) is 5.91 Å². The van der Waals surface area contributed by atoms with Gasteiger partial charge in [-0.3, -0.25) is 4.79 Å². The van der Waals surface area contributed by atoms with E-state index in [1.807, 2.05) is 28.7 Å². The Balaban J connectivity index is 1.87. The molecule has 1 N–H and O–H groups in total. The van der Waals surface area contributed by atoms with Crippen LogP contribution in [0.1, 0.15) is 34.6 Å². The number of halogens is 1. The molecular formula is C17H12IN3O2S. The second-order valence-corrected chi connectivity index (χ2v) is 7.46. The van der Waals surface area contributed by atoms with Crippen LogP contribution < -0.4 is 5.32 Å². The molecule has 0 aromatic carbocycles. The van der Waals surface area contributed by atoms with E-state index in [9.17, 15) is 15.3 Å². The molecule has 0 aliphatic heterocycles. The number of anilines is 1. The monoisotopic (exact) mass is 449 g/mol. The number of carbonyl (C=O) groups is 1. The van der Waals surface area contributed by atoms with Crippen molar-refractivity contribution in [3.63, 3.8) is 0 Å². The highest BCUT2D eigenvalue weighted by Gasteiger charge is 2.22. The third-order valence-corrected chi connectivity index (χ3v) is 5.54. The highest BCUT2D eigenvalue weighted by molar-refractivity contribution is 14.1. The zero-order valence-corrected chi connectivity index (χ0v) is 15.5. The van der Waals surface area contributed by atoms with Gasteiger partial charge in [-0.1, -0.05) is 0 Å². The number of fused-ring (bicyclic) bond motifs is 1. The Kier molecular flexibility index (Phi) is 5.03. The van der Waals surface area contributed by atoms with Crippen molar-refractivity contribution in [1.29, 1.82) is 10.5 Å². The molecule has 1 aliphatic carbocycles. The fourth-order valence-electron chi connectivity index (χ4n) is 2.64. The number of nitrogens with one attached hydrogen (secondary N) is 1. The first-order valence-corrected chi connectivity index (χ1v) is 9.25. The number of hydrogen-bond acceptors (Lipinski definition) is 5. The molecule has 2 aromatic heterocycles. The lowest BCUT2D eigenvalue weighted by Gasteiger charge is -2.09. The Bertz CT molecular complexity index is 911. The van der Waals surface area contributed by atoms with E-state index in [0.717, 1.165) is 36.1 Å².